The summed E-state index contributed by atoms with van der Waals surface area (Å²) in [4.78, 5) is 19.0. The van der Waals surface area contributed by atoms with Crippen LogP contribution in [-0.4, -0.2) is 53.7 Å². The molecule has 1 aliphatic rings. The SMILES string of the molecule is CCN1CCC[C@H]1CNC(=O)c1nc(-c2oc3ccc(OC)cc3c2C)no1. The minimum absolute atomic E-state index is 0.0616. The fraction of sp³-hybridized carbons (Fsp3) is 0.450. The zero-order valence-corrected chi connectivity index (χ0v) is 16.3. The van der Waals surface area contributed by atoms with Gasteiger partial charge in [-0.05, 0) is 51.1 Å². The van der Waals surface area contributed by atoms with Crippen LogP contribution in [0.1, 0.15) is 36.0 Å². The monoisotopic (exact) mass is 384 g/mol. The molecule has 3 aromatic rings. The van der Waals surface area contributed by atoms with E-state index in [-0.39, 0.29) is 17.6 Å². The Kier molecular flexibility index (Phi) is 5.04. The first kappa shape index (κ1) is 18.5. The predicted octanol–water partition coefficient (Wildman–Crippen LogP) is 3.01. The number of likely N-dealkylation sites (N-methyl/N-ethyl adjacent to an activating group) is 1. The molecule has 4 rings (SSSR count). The summed E-state index contributed by atoms with van der Waals surface area (Å²) in [6, 6.07) is 5.92. The Morgan fingerprint density at radius 3 is 3.07 bits per heavy atom. The van der Waals surface area contributed by atoms with E-state index >= 15 is 0 Å². The van der Waals surface area contributed by atoms with Gasteiger partial charge >= 0.3 is 11.8 Å². The smallest absolute Gasteiger partial charge is 0.316 e. The van der Waals surface area contributed by atoms with Crippen molar-refractivity contribution in [2.75, 3.05) is 26.7 Å². The summed E-state index contributed by atoms with van der Waals surface area (Å²) in [6.45, 7) is 6.69. The number of ether oxygens (including phenoxy) is 1. The molecule has 1 amide bonds. The molecule has 1 N–H and O–H groups in total. The maximum atomic E-state index is 12.4. The van der Waals surface area contributed by atoms with Crippen molar-refractivity contribution in [1.29, 1.82) is 0 Å². The number of methoxy groups -OCH3 is 1. The second kappa shape index (κ2) is 7.63. The zero-order chi connectivity index (χ0) is 19.7. The molecular formula is C20H24N4O4. The lowest BCUT2D eigenvalue weighted by Crippen LogP contribution is -2.40. The van der Waals surface area contributed by atoms with Crippen molar-refractivity contribution in [2.45, 2.75) is 32.7 Å². The number of aryl methyl sites for hydroxylation is 1. The molecule has 1 fully saturated rings. The molecule has 0 aliphatic carbocycles. The number of aromatic nitrogens is 2. The fourth-order valence-electron chi connectivity index (χ4n) is 3.78. The van der Waals surface area contributed by atoms with Crippen molar-refractivity contribution in [1.82, 2.24) is 20.4 Å². The molecule has 0 unspecified atom stereocenters. The molecule has 3 heterocycles. The standard InChI is InChI=1S/C20H24N4O4/c1-4-24-9-5-6-13(24)11-21-19(25)20-22-18(23-28-20)17-12(2)15-10-14(26-3)7-8-16(15)27-17/h7-8,10,13H,4-6,9,11H2,1-3H3,(H,21,25)/t13-/m0/s1. The molecule has 28 heavy (non-hydrogen) atoms. The molecule has 0 spiro atoms. The first-order valence-electron chi connectivity index (χ1n) is 9.54. The first-order chi connectivity index (χ1) is 13.6. The van der Waals surface area contributed by atoms with E-state index in [1.165, 1.54) is 0 Å². The third-order valence-electron chi connectivity index (χ3n) is 5.37. The van der Waals surface area contributed by atoms with Gasteiger partial charge in [0.2, 0.25) is 5.82 Å². The van der Waals surface area contributed by atoms with Crippen LogP contribution in [0.3, 0.4) is 0 Å². The van der Waals surface area contributed by atoms with Crippen LogP contribution in [0.25, 0.3) is 22.6 Å². The Bertz CT molecular complexity index is 993. The Balaban J connectivity index is 1.50. The van der Waals surface area contributed by atoms with Crippen molar-refractivity contribution in [3.8, 4) is 17.3 Å². The van der Waals surface area contributed by atoms with Gasteiger partial charge in [-0.3, -0.25) is 9.69 Å². The summed E-state index contributed by atoms with van der Waals surface area (Å²) >= 11 is 0. The number of nitrogens with one attached hydrogen (secondary N) is 1. The number of nitrogens with zero attached hydrogens (tertiary/aromatic N) is 3. The third-order valence-corrected chi connectivity index (χ3v) is 5.37. The molecule has 148 valence electrons. The number of likely N-dealkylation sites (tertiary alicyclic amines) is 1. The van der Waals surface area contributed by atoms with Crippen LogP contribution in [-0.2, 0) is 0 Å². The maximum Gasteiger partial charge on any atom is 0.316 e. The Morgan fingerprint density at radius 2 is 2.29 bits per heavy atom. The fourth-order valence-corrected chi connectivity index (χ4v) is 3.78. The molecule has 1 aliphatic heterocycles. The number of benzene rings is 1. The summed E-state index contributed by atoms with van der Waals surface area (Å²) in [7, 11) is 1.62. The van der Waals surface area contributed by atoms with Gasteiger partial charge in [0.05, 0.1) is 7.11 Å². The van der Waals surface area contributed by atoms with E-state index in [4.69, 9.17) is 13.7 Å². The summed E-state index contributed by atoms with van der Waals surface area (Å²) < 4.78 is 16.3. The van der Waals surface area contributed by atoms with Gasteiger partial charge in [0.1, 0.15) is 11.3 Å². The second-order valence-electron chi connectivity index (χ2n) is 6.98. The minimum atomic E-state index is -0.364. The highest BCUT2D eigenvalue weighted by atomic mass is 16.5. The Hall–Kier alpha value is -2.87. The van der Waals surface area contributed by atoms with E-state index < -0.39 is 0 Å². The summed E-state index contributed by atoms with van der Waals surface area (Å²) in [5.41, 5.74) is 1.57. The van der Waals surface area contributed by atoms with Crippen molar-refractivity contribution in [3.05, 3.63) is 29.7 Å². The molecule has 1 atom stereocenters. The summed E-state index contributed by atoms with van der Waals surface area (Å²) in [6.07, 6.45) is 2.25. The molecule has 8 heteroatoms. The average Bonchev–Trinajstić information content (AvgIpc) is 3.44. The van der Waals surface area contributed by atoms with Gasteiger partial charge < -0.3 is 19.0 Å². The number of rotatable bonds is 6. The normalized spacial score (nSPS) is 17.3. The van der Waals surface area contributed by atoms with E-state index in [9.17, 15) is 4.79 Å². The molecule has 0 bridgehead atoms. The van der Waals surface area contributed by atoms with Crippen molar-refractivity contribution >= 4 is 16.9 Å². The van der Waals surface area contributed by atoms with Crippen LogP contribution in [0.2, 0.25) is 0 Å². The molecule has 2 aromatic heterocycles. The quantitative estimate of drug-likeness (QED) is 0.698. The molecule has 1 aromatic carbocycles. The van der Waals surface area contributed by atoms with Crippen LogP contribution in [0, 0.1) is 6.92 Å². The molecule has 0 saturated carbocycles. The highest BCUT2D eigenvalue weighted by Gasteiger charge is 2.25. The van der Waals surface area contributed by atoms with E-state index in [0.29, 0.717) is 23.9 Å². The van der Waals surface area contributed by atoms with E-state index in [0.717, 1.165) is 42.6 Å². The first-order valence-corrected chi connectivity index (χ1v) is 9.54. The molecule has 1 saturated heterocycles. The number of carbonyl (C=O) groups is 1. The lowest BCUT2D eigenvalue weighted by molar-refractivity contribution is 0.0897. The lowest BCUT2D eigenvalue weighted by atomic mass is 10.1. The highest BCUT2D eigenvalue weighted by Crippen LogP contribution is 2.33. The van der Waals surface area contributed by atoms with Gasteiger partial charge in [0, 0.05) is 23.5 Å². The third kappa shape index (κ3) is 3.35. The Morgan fingerprint density at radius 1 is 1.43 bits per heavy atom. The van der Waals surface area contributed by atoms with Crippen LogP contribution in [0.15, 0.2) is 27.1 Å². The van der Waals surface area contributed by atoms with Crippen LogP contribution >= 0.6 is 0 Å². The topological polar surface area (TPSA) is 93.6 Å². The lowest BCUT2D eigenvalue weighted by Gasteiger charge is -2.22. The van der Waals surface area contributed by atoms with Crippen LogP contribution in [0.4, 0.5) is 0 Å². The minimum Gasteiger partial charge on any atom is -0.497 e. The van der Waals surface area contributed by atoms with Crippen LogP contribution in [0.5, 0.6) is 5.75 Å². The van der Waals surface area contributed by atoms with Gasteiger partial charge in [-0.15, -0.1) is 0 Å². The predicted molar refractivity (Wildman–Crippen MR) is 103 cm³/mol. The molecule has 8 nitrogen and oxygen atoms in total. The van der Waals surface area contributed by atoms with Gasteiger partial charge in [0.15, 0.2) is 5.76 Å². The van der Waals surface area contributed by atoms with E-state index in [1.54, 1.807) is 7.11 Å². The second-order valence-corrected chi connectivity index (χ2v) is 6.98. The highest BCUT2D eigenvalue weighted by molar-refractivity contribution is 5.91. The van der Waals surface area contributed by atoms with Crippen molar-refractivity contribution < 1.29 is 18.5 Å². The number of carbonyl (C=O) groups excluding carboxylic acids is 1. The Labute approximate surface area is 162 Å². The molecular weight excluding hydrogens is 360 g/mol. The summed E-state index contributed by atoms with van der Waals surface area (Å²) in [5.74, 6) is 1.06. The largest absolute Gasteiger partial charge is 0.497 e. The zero-order valence-electron chi connectivity index (χ0n) is 16.3. The summed E-state index contributed by atoms with van der Waals surface area (Å²) in [5, 5.41) is 7.75. The van der Waals surface area contributed by atoms with Gasteiger partial charge in [-0.2, -0.15) is 4.98 Å². The number of hydrogen-bond acceptors (Lipinski definition) is 7. The van der Waals surface area contributed by atoms with E-state index in [2.05, 4.69) is 27.3 Å². The van der Waals surface area contributed by atoms with Gasteiger partial charge in [-0.1, -0.05) is 12.1 Å². The number of amides is 1. The van der Waals surface area contributed by atoms with E-state index in [1.807, 2.05) is 25.1 Å². The van der Waals surface area contributed by atoms with Crippen molar-refractivity contribution in [2.24, 2.45) is 0 Å². The van der Waals surface area contributed by atoms with Crippen LogP contribution < -0.4 is 10.1 Å². The van der Waals surface area contributed by atoms with Gasteiger partial charge in [-0.25, -0.2) is 0 Å². The average molecular weight is 384 g/mol. The van der Waals surface area contributed by atoms with Gasteiger partial charge in [0.25, 0.3) is 0 Å². The number of furan rings is 1. The maximum absolute atomic E-state index is 12.4. The number of fused-ring (bicyclic) bond motifs is 1. The van der Waals surface area contributed by atoms with Crippen molar-refractivity contribution in [3.63, 3.8) is 0 Å². The molecule has 0 radical (unpaired) electrons. The number of hydrogen-bond donors (Lipinski definition) is 1.